The lowest BCUT2D eigenvalue weighted by atomic mass is 9.91. The van der Waals surface area contributed by atoms with Crippen LogP contribution in [0.3, 0.4) is 0 Å². The summed E-state index contributed by atoms with van der Waals surface area (Å²) in [5.74, 6) is -0.00630. The van der Waals surface area contributed by atoms with Crippen molar-refractivity contribution in [2.24, 2.45) is 5.92 Å². The molecule has 2 atom stereocenters. The van der Waals surface area contributed by atoms with Gasteiger partial charge < -0.3 is 15.5 Å². The lowest BCUT2D eigenvalue weighted by Gasteiger charge is -2.31. The maximum absolute atomic E-state index is 12.2. The molecule has 0 radical (unpaired) electrons. The predicted molar refractivity (Wildman–Crippen MR) is 71.1 cm³/mol. The topological polar surface area (TPSA) is 61.4 Å². The summed E-state index contributed by atoms with van der Waals surface area (Å²) >= 11 is 0. The average Bonchev–Trinajstić information content (AvgIpc) is 2.36. The fraction of sp³-hybridized carbons (Fsp3) is 0.846. The lowest BCUT2D eigenvalue weighted by Crippen LogP contribution is -2.49. The Balaban J connectivity index is 2.42. The van der Waals surface area contributed by atoms with E-state index in [1.165, 1.54) is 0 Å². The molecule has 0 saturated carbocycles. The summed E-state index contributed by atoms with van der Waals surface area (Å²) in [7, 11) is 1.70. The van der Waals surface area contributed by atoms with Crippen molar-refractivity contribution >= 4 is 11.8 Å². The highest BCUT2D eigenvalue weighted by atomic mass is 16.2. The summed E-state index contributed by atoms with van der Waals surface area (Å²) < 4.78 is 0. The standard InChI is InChI=1S/C13H25N3O2/c1-4-7-15-12(17)9-16(3)13(18)11-6-5-8-14-10(11)2/h10-11,14H,4-9H2,1-3H3,(H,15,17). The van der Waals surface area contributed by atoms with Gasteiger partial charge in [0.25, 0.3) is 0 Å². The highest BCUT2D eigenvalue weighted by molar-refractivity contribution is 5.86. The number of nitrogens with zero attached hydrogens (tertiary/aromatic N) is 1. The van der Waals surface area contributed by atoms with Crippen molar-refractivity contribution in [3.8, 4) is 0 Å². The summed E-state index contributed by atoms with van der Waals surface area (Å²) in [4.78, 5) is 25.3. The molecule has 0 aromatic heterocycles. The molecule has 2 N–H and O–H groups in total. The molecule has 1 rings (SSSR count). The molecule has 5 nitrogen and oxygen atoms in total. The van der Waals surface area contributed by atoms with Crippen molar-refractivity contribution < 1.29 is 9.59 Å². The molecule has 0 aromatic carbocycles. The van der Waals surface area contributed by atoms with E-state index in [1.54, 1.807) is 11.9 Å². The minimum absolute atomic E-state index is 0.00252. The Morgan fingerprint density at radius 3 is 2.78 bits per heavy atom. The van der Waals surface area contributed by atoms with Crippen LogP contribution in [0.1, 0.15) is 33.1 Å². The molecule has 1 heterocycles. The third kappa shape index (κ3) is 4.29. The number of hydrogen-bond acceptors (Lipinski definition) is 3. The van der Waals surface area contributed by atoms with Crippen LogP contribution in [0, 0.1) is 5.92 Å². The second-order valence-corrected chi connectivity index (χ2v) is 5.04. The predicted octanol–water partition coefficient (Wildman–Crippen LogP) is 0.359. The first-order chi connectivity index (χ1) is 8.56. The van der Waals surface area contributed by atoms with Crippen LogP contribution in [0.5, 0.6) is 0 Å². The molecule has 0 spiro atoms. The number of amides is 2. The van der Waals surface area contributed by atoms with Crippen molar-refractivity contribution in [2.75, 3.05) is 26.7 Å². The number of carbonyl (C=O) groups is 2. The zero-order valence-corrected chi connectivity index (χ0v) is 11.7. The van der Waals surface area contributed by atoms with Gasteiger partial charge in [-0.3, -0.25) is 9.59 Å². The van der Waals surface area contributed by atoms with Gasteiger partial charge in [-0.2, -0.15) is 0 Å². The van der Waals surface area contributed by atoms with Crippen LogP contribution < -0.4 is 10.6 Å². The molecule has 1 aliphatic rings. The first kappa shape index (κ1) is 15.0. The molecule has 1 aliphatic heterocycles. The number of hydrogen-bond donors (Lipinski definition) is 2. The molecule has 18 heavy (non-hydrogen) atoms. The van der Waals surface area contributed by atoms with E-state index in [0.29, 0.717) is 6.54 Å². The smallest absolute Gasteiger partial charge is 0.239 e. The Morgan fingerprint density at radius 2 is 2.17 bits per heavy atom. The van der Waals surface area contributed by atoms with Crippen molar-refractivity contribution in [3.63, 3.8) is 0 Å². The maximum Gasteiger partial charge on any atom is 0.239 e. The molecule has 1 fully saturated rings. The summed E-state index contributed by atoms with van der Waals surface area (Å²) in [6.07, 6.45) is 2.84. The monoisotopic (exact) mass is 255 g/mol. The van der Waals surface area contributed by atoms with Gasteiger partial charge in [0.1, 0.15) is 0 Å². The van der Waals surface area contributed by atoms with Crippen molar-refractivity contribution in [1.29, 1.82) is 0 Å². The van der Waals surface area contributed by atoms with E-state index in [1.807, 2.05) is 13.8 Å². The molecule has 0 aliphatic carbocycles. The van der Waals surface area contributed by atoms with Crippen molar-refractivity contribution in [3.05, 3.63) is 0 Å². The third-order valence-electron chi connectivity index (χ3n) is 3.41. The number of likely N-dealkylation sites (N-methyl/N-ethyl adjacent to an activating group) is 1. The number of nitrogens with one attached hydrogen (secondary N) is 2. The van der Waals surface area contributed by atoms with Crippen LogP contribution >= 0.6 is 0 Å². The number of piperidine rings is 1. The second kappa shape index (κ2) is 7.36. The van der Waals surface area contributed by atoms with Gasteiger partial charge in [0.2, 0.25) is 11.8 Å². The Hall–Kier alpha value is -1.10. The third-order valence-corrected chi connectivity index (χ3v) is 3.41. The molecule has 104 valence electrons. The van der Waals surface area contributed by atoms with Crippen LogP contribution in [-0.4, -0.2) is 49.4 Å². The summed E-state index contributed by atoms with van der Waals surface area (Å²) in [6.45, 7) is 5.84. The van der Waals surface area contributed by atoms with E-state index in [4.69, 9.17) is 0 Å². The second-order valence-electron chi connectivity index (χ2n) is 5.04. The fourth-order valence-electron chi connectivity index (χ4n) is 2.28. The van der Waals surface area contributed by atoms with Gasteiger partial charge in [0.15, 0.2) is 0 Å². The van der Waals surface area contributed by atoms with E-state index in [-0.39, 0.29) is 30.3 Å². The Kier molecular flexibility index (Phi) is 6.12. The van der Waals surface area contributed by atoms with Gasteiger partial charge in [-0.1, -0.05) is 6.92 Å². The van der Waals surface area contributed by atoms with E-state index in [0.717, 1.165) is 25.8 Å². The van der Waals surface area contributed by atoms with E-state index < -0.39 is 0 Å². The molecule has 5 heteroatoms. The van der Waals surface area contributed by atoms with Gasteiger partial charge in [0.05, 0.1) is 12.5 Å². The molecule has 1 saturated heterocycles. The Bertz CT molecular complexity index is 294. The summed E-state index contributed by atoms with van der Waals surface area (Å²) in [6, 6.07) is 0.201. The first-order valence-electron chi connectivity index (χ1n) is 6.81. The Morgan fingerprint density at radius 1 is 1.44 bits per heavy atom. The van der Waals surface area contributed by atoms with Crippen LogP contribution in [0.4, 0.5) is 0 Å². The molecular weight excluding hydrogens is 230 g/mol. The zero-order chi connectivity index (χ0) is 13.5. The zero-order valence-electron chi connectivity index (χ0n) is 11.7. The number of carbonyl (C=O) groups excluding carboxylic acids is 2. The van der Waals surface area contributed by atoms with Gasteiger partial charge in [0, 0.05) is 19.6 Å². The molecular formula is C13H25N3O2. The van der Waals surface area contributed by atoms with E-state index in [2.05, 4.69) is 10.6 Å². The highest BCUT2D eigenvalue weighted by Gasteiger charge is 2.30. The summed E-state index contributed by atoms with van der Waals surface area (Å²) in [5.41, 5.74) is 0. The Labute approximate surface area is 109 Å². The van der Waals surface area contributed by atoms with Crippen LogP contribution in [0.15, 0.2) is 0 Å². The lowest BCUT2D eigenvalue weighted by molar-refractivity contribution is -0.139. The van der Waals surface area contributed by atoms with Crippen LogP contribution in [0.2, 0.25) is 0 Å². The minimum Gasteiger partial charge on any atom is -0.355 e. The SMILES string of the molecule is CCCNC(=O)CN(C)C(=O)C1CCCNC1C. The van der Waals surface area contributed by atoms with Gasteiger partial charge >= 0.3 is 0 Å². The minimum atomic E-state index is -0.0795. The van der Waals surface area contributed by atoms with Gasteiger partial charge in [-0.15, -0.1) is 0 Å². The van der Waals surface area contributed by atoms with Gasteiger partial charge in [-0.05, 0) is 32.7 Å². The van der Waals surface area contributed by atoms with Crippen LogP contribution in [-0.2, 0) is 9.59 Å². The van der Waals surface area contributed by atoms with Crippen molar-refractivity contribution in [2.45, 2.75) is 39.2 Å². The first-order valence-corrected chi connectivity index (χ1v) is 6.81. The molecule has 0 aromatic rings. The largest absolute Gasteiger partial charge is 0.355 e. The molecule has 2 amide bonds. The quantitative estimate of drug-likeness (QED) is 0.745. The summed E-state index contributed by atoms with van der Waals surface area (Å²) in [5, 5.41) is 6.09. The van der Waals surface area contributed by atoms with Crippen molar-refractivity contribution in [1.82, 2.24) is 15.5 Å². The molecule has 0 bridgehead atoms. The molecule has 2 unspecified atom stereocenters. The van der Waals surface area contributed by atoms with Gasteiger partial charge in [-0.25, -0.2) is 0 Å². The van der Waals surface area contributed by atoms with E-state index in [9.17, 15) is 9.59 Å². The maximum atomic E-state index is 12.2. The normalized spacial score (nSPS) is 23.5. The van der Waals surface area contributed by atoms with E-state index >= 15 is 0 Å². The fourth-order valence-corrected chi connectivity index (χ4v) is 2.28. The average molecular weight is 255 g/mol. The number of rotatable bonds is 5. The highest BCUT2D eigenvalue weighted by Crippen LogP contribution is 2.18. The van der Waals surface area contributed by atoms with Crippen LogP contribution in [0.25, 0.3) is 0 Å².